The maximum absolute atomic E-state index is 12.2. The Labute approximate surface area is 148 Å². The van der Waals surface area contributed by atoms with Crippen LogP contribution in [0.1, 0.15) is 21.5 Å². The van der Waals surface area contributed by atoms with Gasteiger partial charge in [0.15, 0.2) is 0 Å². The normalized spacial score (nSPS) is 10.7. The Morgan fingerprint density at radius 2 is 1.92 bits per heavy atom. The molecular formula is C18H16F2N4O2. The van der Waals surface area contributed by atoms with Crippen LogP contribution in [-0.2, 0) is 13.1 Å². The van der Waals surface area contributed by atoms with Gasteiger partial charge in [0.05, 0.1) is 6.54 Å². The van der Waals surface area contributed by atoms with Crippen LogP contribution >= 0.6 is 0 Å². The predicted molar refractivity (Wildman–Crippen MR) is 89.8 cm³/mol. The van der Waals surface area contributed by atoms with Crippen molar-refractivity contribution in [2.75, 3.05) is 0 Å². The monoisotopic (exact) mass is 358 g/mol. The lowest BCUT2D eigenvalue weighted by molar-refractivity contribution is -0.0498. The Hall–Kier alpha value is -3.29. The van der Waals surface area contributed by atoms with Crippen LogP contribution in [0.3, 0.4) is 0 Å². The lowest BCUT2D eigenvalue weighted by Crippen LogP contribution is -2.22. The molecule has 1 N–H and O–H groups in total. The minimum Gasteiger partial charge on any atom is -0.435 e. The molecule has 0 aliphatic carbocycles. The standard InChI is InChI=1S/C18H16F2N4O2/c19-18(20)26-16-3-1-2-15(8-16)17(25)22-9-13-4-6-14(7-5-13)10-24-12-21-11-23-24/h1-8,11-12,18H,9-10H2,(H,22,25). The maximum atomic E-state index is 12.2. The van der Waals surface area contributed by atoms with E-state index < -0.39 is 6.61 Å². The van der Waals surface area contributed by atoms with Crippen molar-refractivity contribution in [3.05, 3.63) is 77.9 Å². The Morgan fingerprint density at radius 3 is 2.62 bits per heavy atom. The summed E-state index contributed by atoms with van der Waals surface area (Å²) in [5, 5.41) is 6.79. The first-order chi connectivity index (χ1) is 12.6. The van der Waals surface area contributed by atoms with E-state index >= 15 is 0 Å². The predicted octanol–water partition coefficient (Wildman–Crippen LogP) is 2.86. The van der Waals surface area contributed by atoms with Crippen molar-refractivity contribution in [1.82, 2.24) is 20.1 Å². The van der Waals surface area contributed by atoms with Gasteiger partial charge >= 0.3 is 6.61 Å². The van der Waals surface area contributed by atoms with Gasteiger partial charge in [-0.2, -0.15) is 13.9 Å². The summed E-state index contributed by atoms with van der Waals surface area (Å²) in [6.45, 7) is -1.99. The Kier molecular flexibility index (Phi) is 5.52. The van der Waals surface area contributed by atoms with Crippen molar-refractivity contribution in [3.63, 3.8) is 0 Å². The molecule has 0 aliphatic rings. The zero-order valence-corrected chi connectivity index (χ0v) is 13.7. The van der Waals surface area contributed by atoms with E-state index in [0.717, 1.165) is 11.1 Å². The van der Waals surface area contributed by atoms with E-state index in [1.54, 1.807) is 11.0 Å². The number of halogens is 2. The Morgan fingerprint density at radius 1 is 1.15 bits per heavy atom. The minimum absolute atomic E-state index is 0.0508. The summed E-state index contributed by atoms with van der Waals surface area (Å²) in [6.07, 6.45) is 3.12. The smallest absolute Gasteiger partial charge is 0.387 e. The maximum Gasteiger partial charge on any atom is 0.387 e. The third-order valence-electron chi connectivity index (χ3n) is 3.61. The summed E-state index contributed by atoms with van der Waals surface area (Å²) in [5.41, 5.74) is 2.23. The van der Waals surface area contributed by atoms with E-state index in [1.807, 2.05) is 24.3 Å². The molecule has 134 valence electrons. The van der Waals surface area contributed by atoms with Gasteiger partial charge in [-0.05, 0) is 29.3 Å². The molecule has 2 aromatic carbocycles. The van der Waals surface area contributed by atoms with Gasteiger partial charge in [0.25, 0.3) is 5.91 Å². The molecule has 0 unspecified atom stereocenters. The molecule has 0 spiro atoms. The number of carbonyl (C=O) groups excluding carboxylic acids is 1. The summed E-state index contributed by atoms with van der Waals surface area (Å²) in [6, 6.07) is 13.4. The molecule has 0 fully saturated rings. The van der Waals surface area contributed by atoms with Crippen LogP contribution in [0, 0.1) is 0 Å². The number of benzene rings is 2. The molecule has 3 rings (SSSR count). The summed E-state index contributed by atoms with van der Waals surface area (Å²) >= 11 is 0. The third kappa shape index (κ3) is 4.85. The summed E-state index contributed by atoms with van der Waals surface area (Å²) < 4.78 is 30.5. The van der Waals surface area contributed by atoms with Gasteiger partial charge in [0.1, 0.15) is 18.4 Å². The first kappa shape index (κ1) is 17.5. The van der Waals surface area contributed by atoms with Crippen molar-refractivity contribution in [2.45, 2.75) is 19.7 Å². The van der Waals surface area contributed by atoms with Gasteiger partial charge in [-0.1, -0.05) is 30.3 Å². The highest BCUT2D eigenvalue weighted by Gasteiger charge is 2.09. The molecule has 3 aromatic rings. The Bertz CT molecular complexity index is 852. The van der Waals surface area contributed by atoms with Crippen molar-refractivity contribution < 1.29 is 18.3 Å². The van der Waals surface area contributed by atoms with E-state index in [4.69, 9.17) is 0 Å². The van der Waals surface area contributed by atoms with E-state index in [-0.39, 0.29) is 17.2 Å². The molecule has 0 aliphatic heterocycles. The van der Waals surface area contributed by atoms with Crippen LogP contribution in [-0.4, -0.2) is 27.3 Å². The number of nitrogens with zero attached hydrogens (tertiary/aromatic N) is 3. The van der Waals surface area contributed by atoms with Gasteiger partial charge in [0.2, 0.25) is 0 Å². The molecular weight excluding hydrogens is 342 g/mol. The van der Waals surface area contributed by atoms with E-state index in [0.29, 0.717) is 13.1 Å². The fourth-order valence-corrected chi connectivity index (χ4v) is 2.36. The number of rotatable bonds is 7. The number of nitrogens with one attached hydrogen (secondary N) is 1. The highest BCUT2D eigenvalue weighted by molar-refractivity contribution is 5.94. The first-order valence-electron chi connectivity index (χ1n) is 7.83. The van der Waals surface area contributed by atoms with Crippen molar-refractivity contribution in [3.8, 4) is 5.75 Å². The first-order valence-corrected chi connectivity index (χ1v) is 7.83. The van der Waals surface area contributed by atoms with Crippen molar-refractivity contribution in [1.29, 1.82) is 0 Å². The van der Waals surface area contributed by atoms with Crippen LogP contribution in [0.5, 0.6) is 5.75 Å². The number of alkyl halides is 2. The van der Waals surface area contributed by atoms with Crippen LogP contribution in [0.15, 0.2) is 61.2 Å². The molecule has 0 bridgehead atoms. The summed E-state index contributed by atoms with van der Waals surface area (Å²) in [7, 11) is 0. The highest BCUT2D eigenvalue weighted by atomic mass is 19.3. The SMILES string of the molecule is O=C(NCc1ccc(Cn2cncn2)cc1)c1cccc(OC(F)F)c1. The number of hydrogen-bond acceptors (Lipinski definition) is 4. The molecule has 8 heteroatoms. The fraction of sp³-hybridized carbons (Fsp3) is 0.167. The second-order valence-corrected chi connectivity index (χ2v) is 5.50. The largest absolute Gasteiger partial charge is 0.435 e. The lowest BCUT2D eigenvalue weighted by Gasteiger charge is -2.09. The van der Waals surface area contributed by atoms with Gasteiger partial charge < -0.3 is 10.1 Å². The van der Waals surface area contributed by atoms with Crippen molar-refractivity contribution in [2.24, 2.45) is 0 Å². The quantitative estimate of drug-likeness (QED) is 0.705. The minimum atomic E-state index is -2.93. The average molecular weight is 358 g/mol. The number of amides is 1. The zero-order valence-electron chi connectivity index (χ0n) is 13.7. The molecule has 1 heterocycles. The van der Waals surface area contributed by atoms with Gasteiger partial charge in [-0.3, -0.25) is 4.79 Å². The van der Waals surface area contributed by atoms with Gasteiger partial charge in [0, 0.05) is 12.1 Å². The van der Waals surface area contributed by atoms with Crippen LogP contribution in [0.2, 0.25) is 0 Å². The third-order valence-corrected chi connectivity index (χ3v) is 3.61. The second-order valence-electron chi connectivity index (χ2n) is 5.50. The summed E-state index contributed by atoms with van der Waals surface area (Å²) in [5.74, 6) is -0.415. The number of aromatic nitrogens is 3. The molecule has 0 saturated heterocycles. The van der Waals surface area contributed by atoms with E-state index in [2.05, 4.69) is 20.1 Å². The van der Waals surface area contributed by atoms with Gasteiger partial charge in [-0.15, -0.1) is 0 Å². The second kappa shape index (κ2) is 8.19. The lowest BCUT2D eigenvalue weighted by atomic mass is 10.1. The topological polar surface area (TPSA) is 69.0 Å². The van der Waals surface area contributed by atoms with Crippen LogP contribution in [0.25, 0.3) is 0 Å². The molecule has 1 aromatic heterocycles. The number of hydrogen-bond donors (Lipinski definition) is 1. The summed E-state index contributed by atoms with van der Waals surface area (Å²) in [4.78, 5) is 16.1. The van der Waals surface area contributed by atoms with E-state index in [9.17, 15) is 13.6 Å². The van der Waals surface area contributed by atoms with Crippen molar-refractivity contribution >= 4 is 5.91 Å². The Balaban J connectivity index is 1.55. The highest BCUT2D eigenvalue weighted by Crippen LogP contribution is 2.16. The number of ether oxygens (including phenoxy) is 1. The molecule has 0 saturated carbocycles. The molecule has 0 radical (unpaired) electrons. The average Bonchev–Trinajstić information content (AvgIpc) is 3.13. The number of carbonyl (C=O) groups is 1. The van der Waals surface area contributed by atoms with Crippen LogP contribution < -0.4 is 10.1 Å². The molecule has 26 heavy (non-hydrogen) atoms. The van der Waals surface area contributed by atoms with Crippen LogP contribution in [0.4, 0.5) is 8.78 Å². The van der Waals surface area contributed by atoms with Gasteiger partial charge in [-0.25, -0.2) is 9.67 Å². The fourth-order valence-electron chi connectivity index (χ4n) is 2.36. The molecule has 0 atom stereocenters. The zero-order chi connectivity index (χ0) is 18.4. The van der Waals surface area contributed by atoms with E-state index in [1.165, 1.54) is 30.6 Å². The molecule has 6 nitrogen and oxygen atoms in total. The molecule has 1 amide bonds.